The summed E-state index contributed by atoms with van der Waals surface area (Å²) in [7, 11) is -1.89. The molecule has 1 aromatic heterocycles. The highest BCUT2D eigenvalue weighted by atomic mass is 32.2. The van der Waals surface area contributed by atoms with Gasteiger partial charge >= 0.3 is 0 Å². The first-order valence-electron chi connectivity index (χ1n) is 9.06. The topological polar surface area (TPSA) is 81.1 Å². The van der Waals surface area contributed by atoms with Crippen LogP contribution in [0.3, 0.4) is 0 Å². The lowest BCUT2D eigenvalue weighted by Gasteiger charge is -2.37. The van der Waals surface area contributed by atoms with E-state index in [2.05, 4.69) is 0 Å². The molecule has 2 aliphatic rings. The van der Waals surface area contributed by atoms with Gasteiger partial charge in [0.1, 0.15) is 10.6 Å². The predicted octanol–water partition coefficient (Wildman–Crippen LogP) is 1.03. The van der Waals surface area contributed by atoms with E-state index in [1.165, 1.54) is 16.6 Å². The third kappa shape index (κ3) is 3.40. The van der Waals surface area contributed by atoms with E-state index >= 15 is 0 Å². The minimum absolute atomic E-state index is 0.156. The van der Waals surface area contributed by atoms with Gasteiger partial charge in [-0.25, -0.2) is 8.42 Å². The summed E-state index contributed by atoms with van der Waals surface area (Å²) in [6.07, 6.45) is 2.77. The van der Waals surface area contributed by atoms with Crippen molar-refractivity contribution in [2.45, 2.75) is 37.4 Å². The van der Waals surface area contributed by atoms with Crippen molar-refractivity contribution >= 4 is 15.9 Å². The SMILES string of the molecule is CCN(CC)S(=O)(=O)c1cc(C(=O)N2CCC3(CC2)OCCO3)n(C)c1. The van der Waals surface area contributed by atoms with Crippen molar-refractivity contribution in [1.82, 2.24) is 13.8 Å². The molecule has 1 amide bonds. The highest BCUT2D eigenvalue weighted by Gasteiger charge is 2.41. The number of sulfonamides is 1. The molecular formula is C17H27N3O5S. The summed E-state index contributed by atoms with van der Waals surface area (Å²) in [5.74, 6) is -0.705. The Balaban J connectivity index is 1.76. The van der Waals surface area contributed by atoms with E-state index in [-0.39, 0.29) is 10.8 Å². The molecule has 0 unspecified atom stereocenters. The lowest BCUT2D eigenvalue weighted by molar-refractivity contribution is -0.181. The first-order chi connectivity index (χ1) is 12.3. The van der Waals surface area contributed by atoms with Gasteiger partial charge in [0.15, 0.2) is 5.79 Å². The summed E-state index contributed by atoms with van der Waals surface area (Å²) >= 11 is 0. The van der Waals surface area contributed by atoms with E-state index in [0.717, 1.165) is 0 Å². The number of aromatic nitrogens is 1. The van der Waals surface area contributed by atoms with Crippen LogP contribution >= 0.6 is 0 Å². The average Bonchev–Trinajstić information content (AvgIpc) is 3.23. The molecule has 1 aromatic rings. The summed E-state index contributed by atoms with van der Waals surface area (Å²) in [5, 5.41) is 0. The number of nitrogens with zero attached hydrogens (tertiary/aromatic N) is 3. The van der Waals surface area contributed by atoms with Gasteiger partial charge in [0.25, 0.3) is 5.91 Å². The molecule has 2 saturated heterocycles. The van der Waals surface area contributed by atoms with Crippen LogP contribution < -0.4 is 0 Å². The number of piperidine rings is 1. The summed E-state index contributed by atoms with van der Waals surface area (Å²) in [5.41, 5.74) is 0.375. The molecule has 146 valence electrons. The maximum Gasteiger partial charge on any atom is 0.270 e. The Morgan fingerprint density at radius 1 is 1.19 bits per heavy atom. The molecule has 0 bridgehead atoms. The molecule has 0 radical (unpaired) electrons. The molecule has 0 aliphatic carbocycles. The van der Waals surface area contributed by atoms with Crippen LogP contribution in [0.5, 0.6) is 0 Å². The van der Waals surface area contributed by atoms with Crippen molar-refractivity contribution in [3.8, 4) is 0 Å². The molecule has 0 atom stereocenters. The summed E-state index contributed by atoms with van der Waals surface area (Å²) < 4.78 is 39.7. The highest BCUT2D eigenvalue weighted by molar-refractivity contribution is 7.89. The van der Waals surface area contributed by atoms with Crippen LogP contribution in [0.4, 0.5) is 0 Å². The molecule has 1 spiro atoms. The monoisotopic (exact) mass is 385 g/mol. The Hall–Kier alpha value is -1.42. The van der Waals surface area contributed by atoms with Crippen molar-refractivity contribution in [2.75, 3.05) is 39.4 Å². The van der Waals surface area contributed by atoms with Crippen molar-refractivity contribution in [3.05, 3.63) is 18.0 Å². The standard InChI is InChI=1S/C17H27N3O5S/c1-4-20(5-2)26(22,23)14-12-15(18(3)13-14)16(21)19-8-6-17(7-9-19)24-10-11-25-17/h12-13H,4-11H2,1-3H3. The van der Waals surface area contributed by atoms with Gasteiger partial charge in [0, 0.05) is 52.3 Å². The van der Waals surface area contributed by atoms with Crippen LogP contribution in [0, 0.1) is 0 Å². The van der Waals surface area contributed by atoms with Gasteiger partial charge < -0.3 is 18.9 Å². The van der Waals surface area contributed by atoms with Gasteiger partial charge in [-0.2, -0.15) is 4.31 Å². The van der Waals surface area contributed by atoms with Crippen LogP contribution in [-0.4, -0.2) is 73.3 Å². The number of aryl methyl sites for hydroxylation is 1. The molecule has 8 nitrogen and oxygen atoms in total. The zero-order chi connectivity index (χ0) is 18.9. The second-order valence-corrected chi connectivity index (χ2v) is 8.60. The van der Waals surface area contributed by atoms with Gasteiger partial charge in [-0.3, -0.25) is 4.79 Å². The van der Waals surface area contributed by atoms with Gasteiger partial charge in [0.2, 0.25) is 10.0 Å². The summed E-state index contributed by atoms with van der Waals surface area (Å²) in [4.78, 5) is 14.8. The number of amides is 1. The lowest BCUT2D eigenvalue weighted by Crippen LogP contribution is -2.47. The number of hydrogen-bond donors (Lipinski definition) is 0. The van der Waals surface area contributed by atoms with Crippen molar-refractivity contribution in [2.24, 2.45) is 7.05 Å². The largest absolute Gasteiger partial charge is 0.347 e. The fourth-order valence-electron chi connectivity index (χ4n) is 3.60. The minimum Gasteiger partial charge on any atom is -0.347 e. The van der Waals surface area contributed by atoms with Gasteiger partial charge in [0.05, 0.1) is 13.2 Å². The number of carbonyl (C=O) groups excluding carboxylic acids is 1. The molecule has 2 fully saturated rings. The first kappa shape index (κ1) is 19.3. The molecule has 9 heteroatoms. The summed E-state index contributed by atoms with van der Waals surface area (Å²) in [6.45, 7) is 6.64. The van der Waals surface area contributed by atoms with Crippen LogP contribution in [0.1, 0.15) is 37.2 Å². The third-order valence-corrected chi connectivity index (χ3v) is 7.18. The Bertz CT molecular complexity index is 753. The van der Waals surface area contributed by atoms with Gasteiger partial charge in [-0.1, -0.05) is 13.8 Å². The number of carbonyl (C=O) groups is 1. The number of hydrogen-bond acceptors (Lipinski definition) is 5. The van der Waals surface area contributed by atoms with Crippen molar-refractivity contribution < 1.29 is 22.7 Å². The van der Waals surface area contributed by atoms with Gasteiger partial charge in [-0.05, 0) is 6.07 Å². The smallest absolute Gasteiger partial charge is 0.270 e. The molecule has 0 saturated carbocycles. The maximum atomic E-state index is 12.9. The van der Waals surface area contributed by atoms with Crippen molar-refractivity contribution in [1.29, 1.82) is 0 Å². The van der Waals surface area contributed by atoms with Gasteiger partial charge in [-0.15, -0.1) is 0 Å². The molecule has 2 aliphatic heterocycles. The summed E-state index contributed by atoms with van der Waals surface area (Å²) in [6, 6.07) is 1.48. The molecule has 3 rings (SSSR count). The zero-order valence-corrected chi connectivity index (χ0v) is 16.4. The molecule has 0 N–H and O–H groups in total. The van der Waals surface area contributed by atoms with E-state index in [1.54, 1.807) is 30.4 Å². The fourth-order valence-corrected chi connectivity index (χ4v) is 5.13. The lowest BCUT2D eigenvalue weighted by atomic mass is 10.0. The van der Waals surface area contributed by atoms with E-state index in [9.17, 15) is 13.2 Å². The zero-order valence-electron chi connectivity index (χ0n) is 15.6. The van der Waals surface area contributed by atoms with E-state index in [4.69, 9.17) is 9.47 Å². The van der Waals surface area contributed by atoms with Crippen LogP contribution in [0.2, 0.25) is 0 Å². The van der Waals surface area contributed by atoms with E-state index < -0.39 is 15.8 Å². The van der Waals surface area contributed by atoms with Crippen LogP contribution in [0.25, 0.3) is 0 Å². The highest BCUT2D eigenvalue weighted by Crippen LogP contribution is 2.32. The Kier molecular flexibility index (Phi) is 5.43. The van der Waals surface area contributed by atoms with E-state index in [1.807, 2.05) is 0 Å². The van der Waals surface area contributed by atoms with Crippen LogP contribution in [0.15, 0.2) is 17.2 Å². The predicted molar refractivity (Wildman–Crippen MR) is 95.3 cm³/mol. The van der Waals surface area contributed by atoms with E-state index in [0.29, 0.717) is 57.9 Å². The normalized spacial score (nSPS) is 20.2. The average molecular weight is 385 g/mol. The maximum absolute atomic E-state index is 12.9. The molecule has 0 aromatic carbocycles. The molecular weight excluding hydrogens is 358 g/mol. The Labute approximate surface area is 154 Å². The van der Waals surface area contributed by atoms with Crippen LogP contribution in [-0.2, 0) is 26.5 Å². The number of likely N-dealkylation sites (tertiary alicyclic amines) is 1. The van der Waals surface area contributed by atoms with Crippen molar-refractivity contribution in [3.63, 3.8) is 0 Å². The minimum atomic E-state index is -3.58. The number of ether oxygens (including phenoxy) is 2. The Morgan fingerprint density at radius 3 is 2.31 bits per heavy atom. The first-order valence-corrected chi connectivity index (χ1v) is 10.5. The Morgan fingerprint density at radius 2 is 1.77 bits per heavy atom. The fraction of sp³-hybridized carbons (Fsp3) is 0.706. The second kappa shape index (κ2) is 7.30. The second-order valence-electron chi connectivity index (χ2n) is 6.66. The molecule has 26 heavy (non-hydrogen) atoms. The quantitative estimate of drug-likeness (QED) is 0.756. The number of rotatable bonds is 5. The third-order valence-electron chi connectivity index (χ3n) is 5.17. The molecule has 3 heterocycles.